The Kier molecular flexibility index (Phi) is 9.74. The lowest BCUT2D eigenvalue weighted by molar-refractivity contribution is -0.192. The van der Waals surface area contributed by atoms with Crippen LogP contribution in [0.15, 0.2) is 48.8 Å². The van der Waals surface area contributed by atoms with Crippen LogP contribution in [0, 0.1) is 17.2 Å². The molecule has 2 atom stereocenters. The number of benzene rings is 1. The summed E-state index contributed by atoms with van der Waals surface area (Å²) in [5.41, 5.74) is 5.12. The number of pyridine rings is 1. The van der Waals surface area contributed by atoms with Crippen molar-refractivity contribution in [3.8, 4) is 17.3 Å². The maximum atomic E-state index is 13.5. The summed E-state index contributed by atoms with van der Waals surface area (Å²) in [6, 6.07) is 10.9. The van der Waals surface area contributed by atoms with Crippen molar-refractivity contribution in [3.63, 3.8) is 0 Å². The number of aryl methyl sites for hydroxylation is 1. The minimum Gasteiger partial charge on any atom is -0.475 e. The topological polar surface area (TPSA) is 141 Å². The fourth-order valence-corrected chi connectivity index (χ4v) is 5.35. The Morgan fingerprint density at radius 3 is 2.59 bits per heavy atom. The molecule has 4 heterocycles. The van der Waals surface area contributed by atoms with E-state index >= 15 is 0 Å². The number of amides is 2. The highest BCUT2D eigenvalue weighted by molar-refractivity contribution is 6.30. The molecule has 0 saturated heterocycles. The molecule has 14 heteroatoms. The van der Waals surface area contributed by atoms with Gasteiger partial charge in [0.2, 0.25) is 11.8 Å². The second kappa shape index (κ2) is 13.3. The summed E-state index contributed by atoms with van der Waals surface area (Å²) in [5.74, 6) is -3.11. The molecule has 0 saturated carbocycles. The molecule has 2 aliphatic rings. The number of hydrogen-bond donors (Lipinski definition) is 2. The number of aromatic nitrogens is 3. The molecule has 2 aliphatic heterocycles. The Labute approximate surface area is 255 Å². The largest absolute Gasteiger partial charge is 0.490 e. The number of halogens is 4. The first-order valence-corrected chi connectivity index (χ1v) is 14.0. The van der Waals surface area contributed by atoms with Crippen LogP contribution in [0.1, 0.15) is 55.5 Å². The maximum Gasteiger partial charge on any atom is 0.490 e. The zero-order valence-electron chi connectivity index (χ0n) is 23.7. The highest BCUT2D eigenvalue weighted by Crippen LogP contribution is 2.36. The first-order chi connectivity index (χ1) is 20.8. The number of rotatable bonds is 2. The third-order valence-corrected chi connectivity index (χ3v) is 7.66. The van der Waals surface area contributed by atoms with Crippen molar-refractivity contribution < 1.29 is 32.7 Å². The molecule has 2 N–H and O–H groups in total. The molecule has 0 spiro atoms. The van der Waals surface area contributed by atoms with Gasteiger partial charge in [-0.25, -0.2) is 4.79 Å². The highest BCUT2D eigenvalue weighted by atomic mass is 35.5. The Balaban J connectivity index is 0.000000566. The summed E-state index contributed by atoms with van der Waals surface area (Å²) in [4.78, 5) is 41.8. The van der Waals surface area contributed by atoms with Crippen molar-refractivity contribution in [3.05, 3.63) is 70.6 Å². The molecular weight excluding hydrogens is 601 g/mol. The van der Waals surface area contributed by atoms with E-state index in [-0.39, 0.29) is 23.8 Å². The number of aliphatic carboxylic acids is 1. The second-order valence-corrected chi connectivity index (χ2v) is 10.8. The van der Waals surface area contributed by atoms with E-state index < -0.39 is 12.1 Å². The number of carboxylic acids is 1. The van der Waals surface area contributed by atoms with Crippen LogP contribution in [-0.4, -0.2) is 55.3 Å². The smallest absolute Gasteiger partial charge is 0.475 e. The average Bonchev–Trinajstić information content (AvgIpc) is 3.34. The van der Waals surface area contributed by atoms with E-state index in [4.69, 9.17) is 21.5 Å². The normalized spacial score (nSPS) is 18.8. The summed E-state index contributed by atoms with van der Waals surface area (Å²) in [7, 11) is 1.84. The lowest BCUT2D eigenvalue weighted by atomic mass is 9.92. The van der Waals surface area contributed by atoms with Crippen LogP contribution >= 0.6 is 11.6 Å². The van der Waals surface area contributed by atoms with Gasteiger partial charge in [-0.15, -0.1) is 0 Å². The van der Waals surface area contributed by atoms with E-state index in [2.05, 4.69) is 21.5 Å². The van der Waals surface area contributed by atoms with Crippen molar-refractivity contribution in [1.29, 1.82) is 5.26 Å². The zero-order valence-corrected chi connectivity index (χ0v) is 24.5. The van der Waals surface area contributed by atoms with Crippen LogP contribution in [0.25, 0.3) is 16.8 Å². The third kappa shape index (κ3) is 7.26. The highest BCUT2D eigenvalue weighted by Gasteiger charge is 2.38. The van der Waals surface area contributed by atoms with Gasteiger partial charge in [0, 0.05) is 42.4 Å². The van der Waals surface area contributed by atoms with Crippen LogP contribution in [0.4, 0.5) is 18.9 Å². The van der Waals surface area contributed by atoms with Crippen LogP contribution < -0.4 is 5.32 Å². The standard InChI is InChI=1S/C28H27ClN6O2.C2HF3O2/c1-17-4-3-5-25(23-12-19(8-10-31-23)27-24(33-28(17)37)16-32-34(27)2)35-11-9-18(13-26(35)36)22-14-21(29)7-6-20(22)15-30;3-2(4,5)1(6)7/h6-8,10,12-14,16-17,25H,3-5,9,11H2,1-2H3,(H,33,37);(H,6,7)/t17-,25+;/m1./s1. The molecule has 2 amide bonds. The molecule has 3 aromatic rings. The Morgan fingerprint density at radius 2 is 1.93 bits per heavy atom. The SMILES string of the molecule is C[C@@H]1CCC[C@H](N2CCC(c3cc(Cl)ccc3C#N)=CC2=O)c2cc(ccn2)-c2c(cnn2C)NC1=O.O=C(O)C(F)(F)F. The molecule has 44 heavy (non-hydrogen) atoms. The quantitative estimate of drug-likeness (QED) is 0.368. The van der Waals surface area contributed by atoms with Crippen molar-refractivity contribution in [2.24, 2.45) is 13.0 Å². The minimum absolute atomic E-state index is 0.0444. The van der Waals surface area contributed by atoms with Gasteiger partial charge in [0.05, 0.1) is 40.9 Å². The molecule has 1 aromatic carbocycles. The first-order valence-electron chi connectivity index (χ1n) is 13.6. The van der Waals surface area contributed by atoms with Gasteiger partial charge >= 0.3 is 12.1 Å². The number of carbonyl (C=O) groups excluding carboxylic acids is 2. The zero-order chi connectivity index (χ0) is 32.2. The molecule has 5 rings (SSSR count). The van der Waals surface area contributed by atoms with Crippen LogP contribution in [0.3, 0.4) is 0 Å². The maximum absolute atomic E-state index is 13.5. The fraction of sp³-hybridized carbons (Fsp3) is 0.333. The molecule has 2 aromatic heterocycles. The van der Waals surface area contributed by atoms with E-state index in [9.17, 15) is 28.0 Å². The lowest BCUT2D eigenvalue weighted by Gasteiger charge is -2.34. The summed E-state index contributed by atoms with van der Waals surface area (Å²) >= 11 is 6.19. The summed E-state index contributed by atoms with van der Waals surface area (Å²) in [6.45, 7) is 2.41. The summed E-state index contributed by atoms with van der Waals surface area (Å²) in [5, 5.41) is 24.6. The predicted octanol–water partition coefficient (Wildman–Crippen LogP) is 5.76. The monoisotopic (exact) mass is 628 g/mol. The number of alkyl halides is 3. The second-order valence-electron chi connectivity index (χ2n) is 10.4. The molecule has 0 unspecified atom stereocenters. The number of nitrogens with one attached hydrogen (secondary N) is 1. The number of carbonyl (C=O) groups is 3. The molecule has 10 nitrogen and oxygen atoms in total. The van der Waals surface area contributed by atoms with Gasteiger partial charge in [0.15, 0.2) is 0 Å². The van der Waals surface area contributed by atoms with Gasteiger partial charge in [0.1, 0.15) is 0 Å². The van der Waals surface area contributed by atoms with Crippen LogP contribution in [0.2, 0.25) is 5.02 Å². The number of carboxylic acid groups (broad SMARTS) is 1. The van der Waals surface area contributed by atoms with Gasteiger partial charge in [0.25, 0.3) is 0 Å². The van der Waals surface area contributed by atoms with Crippen molar-refractivity contribution in [2.45, 2.75) is 44.8 Å². The molecule has 0 radical (unpaired) electrons. The van der Waals surface area contributed by atoms with Gasteiger partial charge in [-0.3, -0.25) is 19.3 Å². The molecule has 0 aliphatic carbocycles. The number of anilines is 1. The lowest BCUT2D eigenvalue weighted by Crippen LogP contribution is -2.38. The Morgan fingerprint density at radius 1 is 1.20 bits per heavy atom. The number of nitrogens with zero attached hydrogens (tertiary/aromatic N) is 5. The van der Waals surface area contributed by atoms with Gasteiger partial charge in [-0.05, 0) is 60.7 Å². The van der Waals surface area contributed by atoms with Crippen molar-refractivity contribution >= 4 is 40.6 Å². The van der Waals surface area contributed by atoms with Crippen LogP contribution in [-0.2, 0) is 21.4 Å². The Bertz CT molecular complexity index is 1660. The molecule has 2 bridgehead atoms. The molecule has 230 valence electrons. The van der Waals surface area contributed by atoms with E-state index in [1.807, 2.05) is 31.0 Å². The number of fused-ring (bicyclic) bond motifs is 4. The Hall–Kier alpha value is -4.70. The van der Waals surface area contributed by atoms with Crippen LogP contribution in [0.5, 0.6) is 0 Å². The van der Waals surface area contributed by atoms with E-state index in [1.165, 1.54) is 0 Å². The fourth-order valence-electron chi connectivity index (χ4n) is 5.17. The summed E-state index contributed by atoms with van der Waals surface area (Å²) in [6.07, 6.45) is 2.67. The van der Waals surface area contributed by atoms with E-state index in [1.54, 1.807) is 41.4 Å². The predicted molar refractivity (Wildman–Crippen MR) is 155 cm³/mol. The summed E-state index contributed by atoms with van der Waals surface area (Å²) < 4.78 is 33.5. The van der Waals surface area contributed by atoms with E-state index in [0.29, 0.717) is 47.6 Å². The molecular formula is C30H28ClF3N6O4. The minimum atomic E-state index is -5.08. The van der Waals surface area contributed by atoms with Gasteiger partial charge < -0.3 is 15.3 Å². The average molecular weight is 629 g/mol. The number of nitriles is 1. The first kappa shape index (κ1) is 32.2. The van der Waals surface area contributed by atoms with Gasteiger partial charge in [-0.1, -0.05) is 24.9 Å². The molecule has 0 fully saturated rings. The number of hydrogen-bond acceptors (Lipinski definition) is 6. The van der Waals surface area contributed by atoms with Crippen molar-refractivity contribution in [2.75, 3.05) is 11.9 Å². The van der Waals surface area contributed by atoms with E-state index in [0.717, 1.165) is 28.9 Å². The van der Waals surface area contributed by atoms with Crippen molar-refractivity contribution in [1.82, 2.24) is 19.7 Å². The van der Waals surface area contributed by atoms with Gasteiger partial charge in [-0.2, -0.15) is 23.5 Å². The third-order valence-electron chi connectivity index (χ3n) is 7.42.